The highest BCUT2D eigenvalue weighted by molar-refractivity contribution is 7.80. The monoisotopic (exact) mass is 273 g/mol. The molecule has 1 rings (SSSR count). The van der Waals surface area contributed by atoms with Crippen molar-refractivity contribution in [2.75, 3.05) is 39.3 Å². The minimum Gasteiger partial charge on any atom is -0.392 e. The molecule has 0 unspecified atom stereocenters. The summed E-state index contributed by atoms with van der Waals surface area (Å²) in [5.74, 6) is 0. The summed E-state index contributed by atoms with van der Waals surface area (Å²) in [6.07, 6.45) is 0.319. The molecular weight excluding hydrogens is 246 g/mol. The van der Waals surface area contributed by atoms with Crippen LogP contribution in [0.15, 0.2) is 0 Å². The molecule has 1 saturated heterocycles. The van der Waals surface area contributed by atoms with E-state index in [1.54, 1.807) is 0 Å². The molecule has 1 heterocycles. The van der Waals surface area contributed by atoms with Crippen LogP contribution in [0.4, 0.5) is 0 Å². The van der Waals surface area contributed by atoms with Crippen LogP contribution in [0.5, 0.6) is 0 Å². The van der Waals surface area contributed by atoms with Crippen LogP contribution >= 0.6 is 12.2 Å². The zero-order valence-electron chi connectivity index (χ0n) is 12.1. The number of piperazine rings is 1. The largest absolute Gasteiger partial charge is 0.392 e. The van der Waals surface area contributed by atoms with Crippen molar-refractivity contribution in [2.24, 2.45) is 5.73 Å². The van der Waals surface area contributed by atoms with E-state index in [2.05, 4.69) is 37.5 Å². The molecule has 5 heteroatoms. The number of hydrogen-bond acceptors (Lipinski definition) is 4. The molecular formula is C13H27N3OS. The van der Waals surface area contributed by atoms with Gasteiger partial charge in [0.1, 0.15) is 0 Å². The third-order valence-electron chi connectivity index (χ3n) is 3.62. The van der Waals surface area contributed by atoms with E-state index in [4.69, 9.17) is 22.7 Å². The van der Waals surface area contributed by atoms with Crippen LogP contribution in [0.25, 0.3) is 0 Å². The summed E-state index contributed by atoms with van der Waals surface area (Å²) in [4.78, 5) is 5.39. The van der Waals surface area contributed by atoms with Crippen molar-refractivity contribution in [3.8, 4) is 0 Å². The van der Waals surface area contributed by atoms with Gasteiger partial charge in [0.15, 0.2) is 0 Å². The predicted molar refractivity (Wildman–Crippen MR) is 80.0 cm³/mol. The summed E-state index contributed by atoms with van der Waals surface area (Å²) in [6, 6.07) is 0. The van der Waals surface area contributed by atoms with Crippen LogP contribution in [0, 0.1) is 0 Å². The summed E-state index contributed by atoms with van der Waals surface area (Å²) in [5, 5.41) is 0. The van der Waals surface area contributed by atoms with Gasteiger partial charge in [-0.2, -0.15) is 0 Å². The molecule has 1 aliphatic heterocycles. The Labute approximate surface area is 116 Å². The standard InChI is InChI=1S/C13H27N3OS/c1-11(2)17-10-9-15-5-7-16(8-6-15)13(3,4)12(14)18/h11H,5-10H2,1-4H3,(H2,14,18). The van der Waals surface area contributed by atoms with Gasteiger partial charge < -0.3 is 10.5 Å². The topological polar surface area (TPSA) is 41.7 Å². The van der Waals surface area contributed by atoms with E-state index in [1.807, 2.05) is 0 Å². The second-order valence-electron chi connectivity index (χ2n) is 5.67. The maximum Gasteiger partial charge on any atom is 0.0928 e. The molecule has 18 heavy (non-hydrogen) atoms. The Morgan fingerprint density at radius 1 is 1.28 bits per heavy atom. The fraction of sp³-hybridized carbons (Fsp3) is 0.923. The molecule has 0 aromatic heterocycles. The summed E-state index contributed by atoms with van der Waals surface area (Å²) < 4.78 is 5.58. The Balaban J connectivity index is 2.30. The smallest absolute Gasteiger partial charge is 0.0928 e. The first kappa shape index (κ1) is 15.8. The average molecular weight is 273 g/mol. The maximum atomic E-state index is 5.81. The quantitative estimate of drug-likeness (QED) is 0.734. The zero-order valence-corrected chi connectivity index (χ0v) is 12.9. The SMILES string of the molecule is CC(C)OCCN1CCN(C(C)(C)C(N)=S)CC1. The van der Waals surface area contributed by atoms with Crippen molar-refractivity contribution in [1.82, 2.24) is 9.80 Å². The highest BCUT2D eigenvalue weighted by Crippen LogP contribution is 2.17. The van der Waals surface area contributed by atoms with Crippen LogP contribution in [-0.4, -0.2) is 65.8 Å². The van der Waals surface area contributed by atoms with Crippen LogP contribution in [0.3, 0.4) is 0 Å². The molecule has 0 amide bonds. The third kappa shape index (κ3) is 4.46. The second-order valence-corrected chi connectivity index (χ2v) is 6.11. The molecule has 0 bridgehead atoms. The number of nitrogens with two attached hydrogens (primary N) is 1. The van der Waals surface area contributed by atoms with Gasteiger partial charge in [0, 0.05) is 32.7 Å². The van der Waals surface area contributed by atoms with Gasteiger partial charge >= 0.3 is 0 Å². The molecule has 0 aromatic rings. The Morgan fingerprint density at radius 3 is 2.28 bits per heavy atom. The van der Waals surface area contributed by atoms with Crippen LogP contribution in [0.2, 0.25) is 0 Å². The molecule has 2 N–H and O–H groups in total. The predicted octanol–water partition coefficient (Wildman–Crippen LogP) is 1.09. The highest BCUT2D eigenvalue weighted by Gasteiger charge is 2.32. The van der Waals surface area contributed by atoms with Crippen molar-refractivity contribution in [2.45, 2.75) is 39.3 Å². The van der Waals surface area contributed by atoms with E-state index >= 15 is 0 Å². The molecule has 1 fully saturated rings. The van der Waals surface area contributed by atoms with E-state index in [0.29, 0.717) is 11.1 Å². The van der Waals surface area contributed by atoms with Gasteiger partial charge in [0.25, 0.3) is 0 Å². The lowest BCUT2D eigenvalue weighted by Crippen LogP contribution is -2.59. The number of nitrogens with zero attached hydrogens (tertiary/aromatic N) is 2. The number of ether oxygens (including phenoxy) is 1. The van der Waals surface area contributed by atoms with E-state index in [-0.39, 0.29) is 5.54 Å². The van der Waals surface area contributed by atoms with Crippen LogP contribution in [-0.2, 0) is 4.74 Å². The molecule has 0 spiro atoms. The Bertz CT molecular complexity index is 273. The molecule has 0 saturated carbocycles. The molecule has 0 atom stereocenters. The molecule has 0 aromatic carbocycles. The minimum atomic E-state index is -0.171. The molecule has 0 radical (unpaired) electrons. The van der Waals surface area contributed by atoms with E-state index < -0.39 is 0 Å². The van der Waals surface area contributed by atoms with Crippen molar-refractivity contribution in [3.05, 3.63) is 0 Å². The van der Waals surface area contributed by atoms with Gasteiger partial charge in [0.05, 0.1) is 23.2 Å². The Hall–Kier alpha value is -0.230. The van der Waals surface area contributed by atoms with E-state index in [0.717, 1.165) is 39.3 Å². The first-order chi connectivity index (χ1) is 8.34. The lowest BCUT2D eigenvalue weighted by Gasteiger charge is -2.43. The third-order valence-corrected chi connectivity index (χ3v) is 4.12. The van der Waals surface area contributed by atoms with E-state index in [9.17, 15) is 0 Å². The van der Waals surface area contributed by atoms with Gasteiger partial charge in [0.2, 0.25) is 0 Å². The van der Waals surface area contributed by atoms with Gasteiger partial charge in [-0.25, -0.2) is 0 Å². The van der Waals surface area contributed by atoms with Crippen molar-refractivity contribution in [3.63, 3.8) is 0 Å². The zero-order chi connectivity index (χ0) is 13.8. The average Bonchev–Trinajstić information content (AvgIpc) is 2.29. The normalized spacial score (nSPS) is 19.4. The van der Waals surface area contributed by atoms with Gasteiger partial charge in [-0.1, -0.05) is 12.2 Å². The fourth-order valence-corrected chi connectivity index (χ4v) is 2.23. The Morgan fingerprint density at radius 2 is 1.83 bits per heavy atom. The summed E-state index contributed by atoms with van der Waals surface area (Å²) in [5.41, 5.74) is 5.63. The van der Waals surface area contributed by atoms with Gasteiger partial charge in [-0.15, -0.1) is 0 Å². The van der Waals surface area contributed by atoms with Crippen LogP contribution in [0.1, 0.15) is 27.7 Å². The van der Waals surface area contributed by atoms with Gasteiger partial charge in [-0.3, -0.25) is 9.80 Å². The molecule has 4 nitrogen and oxygen atoms in total. The van der Waals surface area contributed by atoms with Crippen LogP contribution < -0.4 is 5.73 Å². The minimum absolute atomic E-state index is 0.171. The summed E-state index contributed by atoms with van der Waals surface area (Å²) in [7, 11) is 0. The first-order valence-electron chi connectivity index (χ1n) is 6.73. The number of hydrogen-bond donors (Lipinski definition) is 1. The van der Waals surface area contributed by atoms with Crippen molar-refractivity contribution < 1.29 is 4.74 Å². The first-order valence-corrected chi connectivity index (χ1v) is 7.13. The lowest BCUT2D eigenvalue weighted by molar-refractivity contribution is 0.0347. The molecule has 106 valence electrons. The van der Waals surface area contributed by atoms with E-state index in [1.165, 1.54) is 0 Å². The maximum absolute atomic E-state index is 5.81. The van der Waals surface area contributed by atoms with Gasteiger partial charge in [-0.05, 0) is 27.7 Å². The second kappa shape index (κ2) is 6.80. The summed E-state index contributed by atoms with van der Waals surface area (Å²) in [6.45, 7) is 14.3. The fourth-order valence-electron chi connectivity index (χ4n) is 2.10. The lowest BCUT2D eigenvalue weighted by atomic mass is 10.0. The number of thiocarbonyl (C=S) groups is 1. The summed E-state index contributed by atoms with van der Waals surface area (Å²) >= 11 is 5.14. The molecule has 0 aliphatic carbocycles. The van der Waals surface area contributed by atoms with Crippen molar-refractivity contribution in [1.29, 1.82) is 0 Å². The van der Waals surface area contributed by atoms with Crippen molar-refractivity contribution >= 4 is 17.2 Å². The Kier molecular flexibility index (Phi) is 5.98. The number of rotatable bonds is 6. The highest BCUT2D eigenvalue weighted by atomic mass is 32.1. The molecule has 1 aliphatic rings.